The van der Waals surface area contributed by atoms with Gasteiger partial charge in [-0.05, 0) is 19.9 Å². The number of carbonyl (C=O) groups is 1. The van der Waals surface area contributed by atoms with Crippen LogP contribution in [0.5, 0.6) is 0 Å². The molecule has 1 rings (SSSR count). The van der Waals surface area contributed by atoms with Crippen LogP contribution in [-0.2, 0) is 9.53 Å². The van der Waals surface area contributed by atoms with Crippen molar-refractivity contribution in [1.29, 1.82) is 0 Å². The van der Waals surface area contributed by atoms with Crippen LogP contribution in [0.25, 0.3) is 0 Å². The first kappa shape index (κ1) is 12.4. The van der Waals surface area contributed by atoms with Crippen LogP contribution in [0.1, 0.15) is 19.4 Å². The van der Waals surface area contributed by atoms with Gasteiger partial charge in [0.15, 0.2) is 5.71 Å². The van der Waals surface area contributed by atoms with E-state index in [1.807, 2.05) is 0 Å². The number of aromatic nitrogens is 1. The summed E-state index contributed by atoms with van der Waals surface area (Å²) < 4.78 is 4.86. The SMILES string of the molecule is CCOC(=O)C(=NN=C(C)Cl)c1cc[nH]c1. The van der Waals surface area contributed by atoms with Crippen molar-refractivity contribution in [2.24, 2.45) is 10.2 Å². The number of ether oxygens (including phenoxy) is 1. The van der Waals surface area contributed by atoms with E-state index in [0.29, 0.717) is 5.56 Å². The van der Waals surface area contributed by atoms with Crippen molar-refractivity contribution in [3.63, 3.8) is 0 Å². The smallest absolute Gasteiger partial charge is 0.359 e. The second kappa shape index (κ2) is 6.07. The van der Waals surface area contributed by atoms with E-state index in [4.69, 9.17) is 16.3 Å². The summed E-state index contributed by atoms with van der Waals surface area (Å²) in [5, 5.41) is 7.65. The zero-order valence-corrected chi connectivity index (χ0v) is 9.78. The summed E-state index contributed by atoms with van der Waals surface area (Å²) >= 11 is 5.55. The highest BCUT2D eigenvalue weighted by atomic mass is 35.5. The van der Waals surface area contributed by atoms with E-state index in [1.54, 1.807) is 32.3 Å². The highest BCUT2D eigenvalue weighted by Gasteiger charge is 2.15. The fourth-order valence-corrected chi connectivity index (χ4v) is 1.04. The lowest BCUT2D eigenvalue weighted by Gasteiger charge is -2.01. The van der Waals surface area contributed by atoms with Crippen molar-refractivity contribution >= 4 is 28.5 Å². The fourth-order valence-electron chi connectivity index (χ4n) is 1.01. The highest BCUT2D eigenvalue weighted by Crippen LogP contribution is 2.03. The molecule has 0 aromatic carbocycles. The number of halogens is 1. The molecule has 1 heterocycles. The molecule has 0 aliphatic carbocycles. The quantitative estimate of drug-likeness (QED) is 0.497. The van der Waals surface area contributed by atoms with Gasteiger partial charge in [0.05, 0.1) is 6.61 Å². The Labute approximate surface area is 98.2 Å². The van der Waals surface area contributed by atoms with E-state index in [1.165, 1.54) is 0 Å². The summed E-state index contributed by atoms with van der Waals surface area (Å²) in [5.74, 6) is -0.524. The van der Waals surface area contributed by atoms with Crippen LogP contribution in [0.4, 0.5) is 0 Å². The molecule has 16 heavy (non-hydrogen) atoms. The lowest BCUT2D eigenvalue weighted by molar-refractivity contribution is -0.134. The number of aromatic amines is 1. The van der Waals surface area contributed by atoms with Crippen LogP contribution >= 0.6 is 11.6 Å². The Kier molecular flexibility index (Phi) is 4.72. The maximum absolute atomic E-state index is 11.6. The Morgan fingerprint density at radius 1 is 1.56 bits per heavy atom. The second-order valence-corrected chi connectivity index (χ2v) is 3.41. The predicted octanol–water partition coefficient (Wildman–Crippen LogP) is 1.94. The van der Waals surface area contributed by atoms with Crippen LogP contribution < -0.4 is 0 Å². The van der Waals surface area contributed by atoms with Gasteiger partial charge < -0.3 is 9.72 Å². The second-order valence-electron chi connectivity index (χ2n) is 2.87. The molecule has 0 saturated heterocycles. The standard InChI is InChI=1S/C10H12ClN3O2/c1-3-16-10(15)9(14-13-7(2)11)8-4-5-12-6-8/h4-6,12H,3H2,1-2H3. The molecule has 0 aliphatic heterocycles. The average molecular weight is 242 g/mol. The van der Waals surface area contributed by atoms with Crippen molar-refractivity contribution in [2.45, 2.75) is 13.8 Å². The minimum Gasteiger partial charge on any atom is -0.461 e. The van der Waals surface area contributed by atoms with Crippen molar-refractivity contribution < 1.29 is 9.53 Å². The average Bonchev–Trinajstić information content (AvgIpc) is 2.71. The summed E-state index contributed by atoms with van der Waals surface area (Å²) in [6.45, 7) is 3.58. The Bertz CT molecular complexity index is 406. The molecule has 5 nitrogen and oxygen atoms in total. The van der Waals surface area contributed by atoms with Gasteiger partial charge in [-0.3, -0.25) is 0 Å². The lowest BCUT2D eigenvalue weighted by atomic mass is 10.2. The lowest BCUT2D eigenvalue weighted by Crippen LogP contribution is -2.18. The molecule has 0 amide bonds. The number of nitrogens with zero attached hydrogens (tertiary/aromatic N) is 2. The molecule has 1 aromatic rings. The van der Waals surface area contributed by atoms with Crippen molar-refractivity contribution in [3.8, 4) is 0 Å². The van der Waals surface area contributed by atoms with Crippen LogP contribution in [-0.4, -0.2) is 28.4 Å². The molecule has 0 atom stereocenters. The molecule has 86 valence electrons. The molecule has 1 aromatic heterocycles. The van der Waals surface area contributed by atoms with Crippen LogP contribution in [0, 0.1) is 0 Å². The molecule has 0 fully saturated rings. The number of carbonyl (C=O) groups excluding carboxylic acids is 1. The largest absolute Gasteiger partial charge is 0.461 e. The van der Waals surface area contributed by atoms with E-state index >= 15 is 0 Å². The van der Waals surface area contributed by atoms with Crippen molar-refractivity contribution in [2.75, 3.05) is 6.61 Å². The predicted molar refractivity (Wildman–Crippen MR) is 62.9 cm³/mol. The van der Waals surface area contributed by atoms with E-state index in [0.717, 1.165) is 0 Å². The maximum atomic E-state index is 11.6. The number of nitrogens with one attached hydrogen (secondary N) is 1. The molecule has 1 N–H and O–H groups in total. The summed E-state index contributed by atoms with van der Waals surface area (Å²) in [6.07, 6.45) is 3.32. The Balaban J connectivity index is 2.99. The zero-order valence-electron chi connectivity index (χ0n) is 9.03. The van der Waals surface area contributed by atoms with Gasteiger partial charge >= 0.3 is 5.97 Å². The molecule has 0 spiro atoms. The van der Waals surface area contributed by atoms with Gasteiger partial charge in [0.2, 0.25) is 0 Å². The number of rotatable bonds is 4. The van der Waals surface area contributed by atoms with Gasteiger partial charge in [0, 0.05) is 18.0 Å². The summed E-state index contributed by atoms with van der Waals surface area (Å²) in [6, 6.07) is 1.70. The van der Waals surface area contributed by atoms with Crippen molar-refractivity contribution in [3.05, 3.63) is 24.0 Å². The van der Waals surface area contributed by atoms with E-state index in [2.05, 4.69) is 15.2 Å². The van der Waals surface area contributed by atoms with E-state index in [9.17, 15) is 4.79 Å². The number of H-pyrrole nitrogens is 1. The number of hydrogen-bond donors (Lipinski definition) is 1. The first-order chi connectivity index (χ1) is 7.65. The van der Waals surface area contributed by atoms with Crippen LogP contribution in [0.3, 0.4) is 0 Å². The minimum atomic E-state index is -0.524. The summed E-state index contributed by atoms with van der Waals surface area (Å²) in [4.78, 5) is 14.4. The van der Waals surface area contributed by atoms with Gasteiger partial charge in [0.25, 0.3) is 0 Å². The summed E-state index contributed by atoms with van der Waals surface area (Å²) in [5.41, 5.74) is 0.739. The third-order valence-electron chi connectivity index (χ3n) is 1.63. The monoisotopic (exact) mass is 241 g/mol. The molecule has 0 saturated carbocycles. The minimum absolute atomic E-state index is 0.128. The Hall–Kier alpha value is -1.62. The Morgan fingerprint density at radius 3 is 2.81 bits per heavy atom. The van der Waals surface area contributed by atoms with Gasteiger partial charge in [0.1, 0.15) is 5.17 Å². The molecule has 0 unspecified atom stereocenters. The molecule has 0 bridgehead atoms. The third kappa shape index (κ3) is 3.51. The van der Waals surface area contributed by atoms with Gasteiger partial charge in [-0.2, -0.15) is 0 Å². The highest BCUT2D eigenvalue weighted by molar-refractivity contribution is 6.64. The zero-order chi connectivity index (χ0) is 12.0. The number of hydrogen-bond acceptors (Lipinski definition) is 4. The normalized spacial score (nSPS) is 12.7. The maximum Gasteiger partial charge on any atom is 0.359 e. The van der Waals surface area contributed by atoms with Crippen molar-refractivity contribution in [1.82, 2.24) is 4.98 Å². The Morgan fingerprint density at radius 2 is 2.31 bits per heavy atom. The molecule has 6 heteroatoms. The molecular formula is C10H12ClN3O2. The van der Waals surface area contributed by atoms with E-state index < -0.39 is 5.97 Å². The van der Waals surface area contributed by atoms with Gasteiger partial charge in [-0.1, -0.05) is 11.6 Å². The summed E-state index contributed by atoms with van der Waals surface area (Å²) in [7, 11) is 0. The van der Waals surface area contributed by atoms with Crippen LogP contribution in [0.15, 0.2) is 28.7 Å². The van der Waals surface area contributed by atoms with E-state index in [-0.39, 0.29) is 17.5 Å². The number of esters is 1. The third-order valence-corrected chi connectivity index (χ3v) is 1.70. The van der Waals surface area contributed by atoms with Crippen LogP contribution in [0.2, 0.25) is 0 Å². The molecule has 0 radical (unpaired) electrons. The van der Waals surface area contributed by atoms with Gasteiger partial charge in [-0.15, -0.1) is 10.2 Å². The first-order valence-electron chi connectivity index (χ1n) is 4.73. The van der Waals surface area contributed by atoms with Gasteiger partial charge in [-0.25, -0.2) is 4.79 Å². The fraction of sp³-hybridized carbons (Fsp3) is 0.300. The first-order valence-corrected chi connectivity index (χ1v) is 5.11. The topological polar surface area (TPSA) is 66.8 Å². The molecular weight excluding hydrogens is 230 g/mol. The molecule has 0 aliphatic rings.